The van der Waals surface area contributed by atoms with Crippen molar-refractivity contribution in [2.75, 3.05) is 52.9 Å². The zero-order chi connectivity index (χ0) is 95.6. The zero-order valence-electron chi connectivity index (χ0n) is 77.0. The number of hydrogen-bond acceptors (Lipinski definition) is 38. The number of amides is 3. The molecule has 7 heterocycles. The van der Waals surface area contributed by atoms with Crippen LogP contribution in [0.3, 0.4) is 0 Å². The second-order valence-electron chi connectivity index (χ2n) is 36.3. The first kappa shape index (κ1) is 115. The lowest BCUT2D eigenvalue weighted by molar-refractivity contribution is -0.390. The van der Waals surface area contributed by atoms with Gasteiger partial charge in [-0.05, 0) is 19.3 Å². The molecule has 0 saturated carbocycles. The maximum absolute atomic E-state index is 13.6. The van der Waals surface area contributed by atoms with E-state index in [0.29, 0.717) is 12.8 Å². The fourth-order valence-electron chi connectivity index (χ4n) is 17.9. The van der Waals surface area contributed by atoms with Crippen LogP contribution in [0.1, 0.15) is 259 Å². The molecule has 37 atom stereocenters. The molecule has 24 N–H and O–H groups in total. The molecule has 0 aromatic rings. The summed E-state index contributed by atoms with van der Waals surface area (Å²) >= 11 is 0. The molecule has 41 nitrogen and oxygen atoms in total. The van der Waals surface area contributed by atoms with E-state index < -0.39 is 292 Å². The molecule has 0 aliphatic carbocycles. The van der Waals surface area contributed by atoms with E-state index >= 15 is 0 Å². The normalized spacial score (nSPS) is 37.1. The molecule has 41 heteroatoms. The van der Waals surface area contributed by atoms with Crippen LogP contribution < -0.4 is 16.0 Å². The Bertz CT molecular complexity index is 3080. The van der Waals surface area contributed by atoms with E-state index in [1.54, 1.807) is 6.08 Å². The first-order chi connectivity index (χ1) is 63.0. The van der Waals surface area contributed by atoms with Crippen LogP contribution in [0.2, 0.25) is 0 Å². The van der Waals surface area contributed by atoms with E-state index in [1.807, 2.05) is 6.08 Å². The van der Waals surface area contributed by atoms with Gasteiger partial charge in [-0.25, -0.2) is 0 Å². The molecule has 14 unspecified atom stereocenters. The van der Waals surface area contributed by atoms with E-state index in [4.69, 9.17) is 66.3 Å². The lowest BCUT2D eigenvalue weighted by atomic mass is 9.94. The molecule has 7 aliphatic rings. The summed E-state index contributed by atoms with van der Waals surface area (Å²) in [6.45, 7) is -1.08. The molecule has 7 fully saturated rings. The summed E-state index contributed by atoms with van der Waals surface area (Å²) in [5, 5.41) is 242. The van der Waals surface area contributed by atoms with Crippen LogP contribution in [-0.2, 0) is 80.7 Å². The monoisotopic (exact) mass is 1890 g/mol. The zero-order valence-corrected chi connectivity index (χ0v) is 77.0. The van der Waals surface area contributed by atoms with Gasteiger partial charge in [-0.2, -0.15) is 0 Å². The molecule has 3 amide bonds. The summed E-state index contributed by atoms with van der Waals surface area (Å²) in [6, 6.07) is -4.76. The second-order valence-corrected chi connectivity index (χ2v) is 36.3. The van der Waals surface area contributed by atoms with Crippen LogP contribution in [0.15, 0.2) is 12.2 Å². The molecule has 766 valence electrons. The summed E-state index contributed by atoms with van der Waals surface area (Å²) < 4.78 is 83.2. The Balaban J connectivity index is 0.978. The number of hydrogen-bond donors (Lipinski definition) is 24. The van der Waals surface area contributed by atoms with Gasteiger partial charge in [0.2, 0.25) is 17.7 Å². The van der Waals surface area contributed by atoms with Gasteiger partial charge >= 0.3 is 0 Å². The predicted molar refractivity (Wildman–Crippen MR) is 463 cm³/mol. The van der Waals surface area contributed by atoms with Crippen molar-refractivity contribution in [3.63, 3.8) is 0 Å². The van der Waals surface area contributed by atoms with Gasteiger partial charge in [0.15, 0.2) is 44.0 Å². The van der Waals surface area contributed by atoms with Gasteiger partial charge in [-0.1, -0.05) is 231 Å². The minimum Gasteiger partial charge on any atom is -0.394 e. The Kier molecular flexibility index (Phi) is 54.3. The van der Waals surface area contributed by atoms with Crippen molar-refractivity contribution < 1.29 is 188 Å². The molecule has 0 aromatic heterocycles. The average molecular weight is 1900 g/mol. The number of aliphatic hydroxyl groups is 21. The fraction of sp³-hybridized carbons (Fsp3) is 0.944. The third-order valence-electron chi connectivity index (χ3n) is 25.8. The molecule has 0 aromatic carbocycles. The van der Waals surface area contributed by atoms with Crippen molar-refractivity contribution in [1.29, 1.82) is 0 Å². The second kappa shape index (κ2) is 62.0. The van der Waals surface area contributed by atoms with Crippen LogP contribution in [0, 0.1) is 0 Å². The van der Waals surface area contributed by atoms with Gasteiger partial charge in [0.25, 0.3) is 0 Å². The van der Waals surface area contributed by atoms with Crippen molar-refractivity contribution in [2.24, 2.45) is 0 Å². The number of ether oxygens (including phenoxy) is 14. The minimum atomic E-state index is -2.37. The SMILES string of the molecule is CCCCCCCCCCCCC/C=C/[C@@H](O)[C@H](CO[C@@H]1OC(CO)[C@@H](O[C@@H]2OC(CO)[C@H](O[C@@H]3OC(CO)[C@H](O)[C@H](O[C@@H]4OC(CO[C@@H]5OC(CO)[C@@H](O[C@@H]6OC(CO)[C@H](O)[C@H](O)C6O)[C@H](O)C5NC(C)=O)[C@H](O)[C@H](O[C@@H]5OC(CO)[C@H](O)[C@H](O)C5O)C4NC(C)=O)C3O)[C@H](O)C2O)[C@H](O)C1O)NC(=O)CCCCCCCCCCCCCCCCCCCCCCCCC. The highest BCUT2D eigenvalue weighted by Crippen LogP contribution is 2.39. The number of rotatable bonds is 63. The van der Waals surface area contributed by atoms with Crippen molar-refractivity contribution in [1.82, 2.24) is 16.0 Å². The summed E-state index contributed by atoms with van der Waals surface area (Å²) in [4.78, 5) is 39.7. The molecule has 7 aliphatic heterocycles. The highest BCUT2D eigenvalue weighted by Gasteiger charge is 2.59. The van der Waals surface area contributed by atoms with E-state index in [0.717, 1.165) is 65.2 Å². The predicted octanol–water partition coefficient (Wildman–Crippen LogP) is -1.48. The smallest absolute Gasteiger partial charge is 0.220 e. The van der Waals surface area contributed by atoms with Crippen LogP contribution in [0.4, 0.5) is 0 Å². The fourth-order valence-corrected chi connectivity index (χ4v) is 17.9. The first-order valence-electron chi connectivity index (χ1n) is 48.5. The summed E-state index contributed by atoms with van der Waals surface area (Å²) in [7, 11) is 0. The molecule has 0 radical (unpaired) electrons. The van der Waals surface area contributed by atoms with Gasteiger partial charge in [0.05, 0.1) is 65.0 Å². The Morgan fingerprint density at radius 2 is 0.618 bits per heavy atom. The molecule has 7 saturated heterocycles. The minimum absolute atomic E-state index is 0.164. The molecular formula is C90H163N3O38. The number of allylic oxidation sites excluding steroid dienone is 1. The van der Waals surface area contributed by atoms with E-state index in [-0.39, 0.29) is 12.3 Å². The topological polar surface area (TPSA) is 641 Å². The summed E-state index contributed by atoms with van der Waals surface area (Å²) in [5.41, 5.74) is 0. The number of carbonyl (C=O) groups is 3. The molecule has 7 rings (SSSR count). The van der Waals surface area contributed by atoms with Gasteiger partial charge in [0.1, 0.15) is 171 Å². The molecular weight excluding hydrogens is 1730 g/mol. The van der Waals surface area contributed by atoms with Gasteiger partial charge in [-0.15, -0.1) is 0 Å². The Morgan fingerprint density at radius 1 is 0.305 bits per heavy atom. The van der Waals surface area contributed by atoms with Gasteiger partial charge in [-0.3, -0.25) is 14.4 Å². The largest absolute Gasteiger partial charge is 0.394 e. The van der Waals surface area contributed by atoms with E-state index in [1.165, 1.54) is 161 Å². The Morgan fingerprint density at radius 3 is 1.03 bits per heavy atom. The Hall–Kier alpha value is -3.25. The molecule has 131 heavy (non-hydrogen) atoms. The maximum atomic E-state index is 13.6. The van der Waals surface area contributed by atoms with Gasteiger partial charge in [0, 0.05) is 20.3 Å². The third kappa shape index (κ3) is 35.8. The van der Waals surface area contributed by atoms with Crippen LogP contribution >= 0.6 is 0 Å². The van der Waals surface area contributed by atoms with Crippen LogP contribution in [-0.4, -0.2) is 405 Å². The lowest BCUT2D eigenvalue weighted by Crippen LogP contribution is -2.70. The Labute approximate surface area is 769 Å². The number of nitrogens with one attached hydrogen (secondary N) is 3. The highest BCUT2D eigenvalue weighted by molar-refractivity contribution is 5.76. The first-order valence-corrected chi connectivity index (χ1v) is 48.5. The maximum Gasteiger partial charge on any atom is 0.220 e. The van der Waals surface area contributed by atoms with Crippen molar-refractivity contribution in [2.45, 2.75) is 486 Å². The van der Waals surface area contributed by atoms with Crippen LogP contribution in [0.5, 0.6) is 0 Å². The lowest BCUT2D eigenvalue weighted by Gasteiger charge is -2.51. The molecule has 0 spiro atoms. The molecule has 0 bridgehead atoms. The number of carbonyl (C=O) groups excluding carboxylic acids is 3. The quantitative estimate of drug-likeness (QED) is 0.0244. The van der Waals surface area contributed by atoms with E-state index in [2.05, 4.69) is 29.8 Å². The number of aliphatic hydroxyl groups excluding tert-OH is 21. The van der Waals surface area contributed by atoms with Crippen molar-refractivity contribution >= 4 is 17.7 Å². The van der Waals surface area contributed by atoms with Gasteiger partial charge < -0.3 is 190 Å². The summed E-state index contributed by atoms with van der Waals surface area (Å²) in [5.74, 6) is -2.13. The number of unbranched alkanes of at least 4 members (excludes halogenated alkanes) is 33. The standard InChI is InChI=1S/C90H163N3O38/c1-5-7-9-11-13-15-17-19-20-21-22-23-24-25-26-27-28-30-32-34-36-38-40-42-62(103)93-53(54(102)41-39-37-35-33-31-29-18-16-14-12-10-8-6-2)49-118-86-76(115)72(111)80(59(47-98)124-86)128-89-77(116)73(112)81(60(48-99)125-89)129-90-78(117)83(67(106)57(45-96)122-90)131-85-64(92-52(4)101)82(130-88-75(114)71(110)66(105)56(44-95)121-88)68(107)61(126-85)50-119-84-63(91-51(3)100)69(108)79(58(46-97)123-84)127-87-74(113)70(109)65(104)55(43-94)120-87/h39,41,53-61,63-90,94-99,102,104-117H,5-38,40,42-50H2,1-4H3,(H,91,100)(H,92,101)(H,93,103)/b41-39+/t53-,54+,55?,56?,57?,58?,59?,60?,61?,63?,64?,65-,66-,67-,68-,69+,70-,71-,72+,73+,74?,75?,76?,77?,78?,79+,80+,81-,82+,83-,84+,85-,86+,87-,88-,89-,90-/m0/s1. The van der Waals surface area contributed by atoms with Crippen LogP contribution in [0.25, 0.3) is 0 Å². The van der Waals surface area contributed by atoms with Crippen molar-refractivity contribution in [3.05, 3.63) is 12.2 Å². The van der Waals surface area contributed by atoms with E-state index in [9.17, 15) is 122 Å². The van der Waals surface area contributed by atoms with Crippen molar-refractivity contribution in [3.8, 4) is 0 Å². The third-order valence-corrected chi connectivity index (χ3v) is 25.8. The highest BCUT2D eigenvalue weighted by atomic mass is 16.8. The summed E-state index contributed by atoms with van der Waals surface area (Å²) in [6.07, 6.45) is -21.4. The average Bonchev–Trinajstić information content (AvgIpc) is 0.764.